The Labute approximate surface area is 127 Å². The highest BCUT2D eigenvalue weighted by Gasteiger charge is 2.48. The molecule has 2 heterocycles. The van der Waals surface area contributed by atoms with E-state index < -0.39 is 0 Å². The van der Waals surface area contributed by atoms with E-state index in [4.69, 9.17) is 15.2 Å². The van der Waals surface area contributed by atoms with Crippen molar-refractivity contribution in [1.29, 1.82) is 0 Å². The smallest absolute Gasteiger partial charge is 0.0835 e. The molecule has 3 nitrogen and oxygen atoms in total. The molecule has 0 radical (unpaired) electrons. The van der Waals surface area contributed by atoms with Gasteiger partial charge in [-0.2, -0.15) is 11.8 Å². The molecule has 116 valence electrons. The van der Waals surface area contributed by atoms with Gasteiger partial charge in [0.25, 0.3) is 0 Å². The summed E-state index contributed by atoms with van der Waals surface area (Å²) in [6.45, 7) is 3.78. The van der Waals surface area contributed by atoms with E-state index in [2.05, 4.69) is 6.92 Å². The summed E-state index contributed by atoms with van der Waals surface area (Å²) in [5, 5.41) is 0. The molecule has 1 spiro atoms. The SMILES string of the molecule is CCOC1(C(N)C2CCOC3(CCSC3)C2)CCCC1. The van der Waals surface area contributed by atoms with Crippen molar-refractivity contribution in [3.8, 4) is 0 Å². The summed E-state index contributed by atoms with van der Waals surface area (Å²) in [4.78, 5) is 0. The molecule has 3 atom stereocenters. The van der Waals surface area contributed by atoms with Crippen LogP contribution in [0.15, 0.2) is 0 Å². The van der Waals surface area contributed by atoms with Crippen molar-refractivity contribution >= 4 is 11.8 Å². The standard InChI is InChI=1S/C16H29NO2S/c1-2-18-16(6-3-4-7-16)14(17)13-5-9-19-15(11-13)8-10-20-12-15/h13-14H,2-12,17H2,1H3. The molecule has 1 aliphatic carbocycles. The maximum Gasteiger partial charge on any atom is 0.0835 e. The van der Waals surface area contributed by atoms with E-state index in [9.17, 15) is 0 Å². The van der Waals surface area contributed by atoms with Crippen molar-refractivity contribution in [3.63, 3.8) is 0 Å². The van der Waals surface area contributed by atoms with E-state index >= 15 is 0 Å². The molecule has 2 saturated heterocycles. The van der Waals surface area contributed by atoms with E-state index in [-0.39, 0.29) is 17.2 Å². The zero-order valence-electron chi connectivity index (χ0n) is 12.7. The summed E-state index contributed by atoms with van der Waals surface area (Å²) in [6.07, 6.45) is 8.33. The molecule has 1 saturated carbocycles. The lowest BCUT2D eigenvalue weighted by atomic mass is 9.75. The highest BCUT2D eigenvalue weighted by Crippen LogP contribution is 2.45. The second kappa shape index (κ2) is 6.15. The summed E-state index contributed by atoms with van der Waals surface area (Å²) in [7, 11) is 0. The van der Waals surface area contributed by atoms with E-state index in [1.54, 1.807) is 0 Å². The second-order valence-electron chi connectivity index (χ2n) is 6.82. The van der Waals surface area contributed by atoms with Gasteiger partial charge in [0.2, 0.25) is 0 Å². The van der Waals surface area contributed by atoms with Gasteiger partial charge >= 0.3 is 0 Å². The van der Waals surface area contributed by atoms with Crippen molar-refractivity contribution < 1.29 is 9.47 Å². The van der Waals surface area contributed by atoms with Gasteiger partial charge in [-0.3, -0.25) is 0 Å². The quantitative estimate of drug-likeness (QED) is 0.867. The van der Waals surface area contributed by atoms with Crippen molar-refractivity contribution in [1.82, 2.24) is 0 Å². The lowest BCUT2D eigenvalue weighted by molar-refractivity contribution is -0.116. The Bertz CT molecular complexity index is 324. The first-order valence-corrected chi connectivity index (χ1v) is 9.46. The fourth-order valence-electron chi connectivity index (χ4n) is 4.50. The Balaban J connectivity index is 1.70. The van der Waals surface area contributed by atoms with Crippen LogP contribution in [0, 0.1) is 5.92 Å². The second-order valence-corrected chi connectivity index (χ2v) is 7.92. The summed E-state index contributed by atoms with van der Waals surface area (Å²) >= 11 is 2.04. The molecule has 2 aliphatic heterocycles. The number of nitrogens with two attached hydrogens (primary N) is 1. The van der Waals surface area contributed by atoms with E-state index in [1.807, 2.05) is 11.8 Å². The minimum Gasteiger partial charge on any atom is -0.374 e. The molecule has 3 aliphatic rings. The van der Waals surface area contributed by atoms with Crippen LogP contribution in [-0.4, -0.2) is 42.0 Å². The average molecular weight is 299 g/mol. The first-order chi connectivity index (χ1) is 9.70. The van der Waals surface area contributed by atoms with Gasteiger partial charge in [-0.1, -0.05) is 12.8 Å². The Hall–Kier alpha value is 0.230. The molecular formula is C16H29NO2S. The van der Waals surface area contributed by atoms with Crippen LogP contribution < -0.4 is 5.73 Å². The normalized spacial score (nSPS) is 38.4. The molecule has 0 aromatic heterocycles. The highest BCUT2D eigenvalue weighted by molar-refractivity contribution is 7.99. The van der Waals surface area contributed by atoms with E-state index in [1.165, 1.54) is 25.0 Å². The van der Waals surface area contributed by atoms with Crippen LogP contribution in [0.5, 0.6) is 0 Å². The lowest BCUT2D eigenvalue weighted by Gasteiger charge is -2.45. The molecular weight excluding hydrogens is 270 g/mol. The molecule has 3 unspecified atom stereocenters. The van der Waals surface area contributed by atoms with Gasteiger partial charge < -0.3 is 15.2 Å². The molecule has 0 aromatic rings. The summed E-state index contributed by atoms with van der Waals surface area (Å²) in [6, 6.07) is 0.191. The highest BCUT2D eigenvalue weighted by atomic mass is 32.2. The maximum absolute atomic E-state index is 6.74. The first kappa shape index (κ1) is 15.1. The van der Waals surface area contributed by atoms with Crippen molar-refractivity contribution in [2.24, 2.45) is 11.7 Å². The Morgan fingerprint density at radius 3 is 2.80 bits per heavy atom. The molecule has 0 bridgehead atoms. The van der Waals surface area contributed by atoms with Crippen LogP contribution in [-0.2, 0) is 9.47 Å². The summed E-state index contributed by atoms with van der Waals surface area (Å²) < 4.78 is 12.3. The van der Waals surface area contributed by atoms with Gasteiger partial charge in [0.1, 0.15) is 0 Å². The van der Waals surface area contributed by atoms with Crippen molar-refractivity contribution in [2.75, 3.05) is 24.7 Å². The summed E-state index contributed by atoms with van der Waals surface area (Å²) in [5.74, 6) is 2.99. The van der Waals surface area contributed by atoms with Gasteiger partial charge in [0.15, 0.2) is 0 Å². The third kappa shape index (κ3) is 2.77. The molecule has 20 heavy (non-hydrogen) atoms. The molecule has 4 heteroatoms. The number of hydrogen-bond donors (Lipinski definition) is 1. The van der Waals surface area contributed by atoms with Gasteiger partial charge in [0.05, 0.1) is 11.2 Å². The average Bonchev–Trinajstić information content (AvgIpc) is 3.10. The predicted molar refractivity (Wildman–Crippen MR) is 84.1 cm³/mol. The van der Waals surface area contributed by atoms with Crippen LogP contribution in [0.25, 0.3) is 0 Å². The number of hydrogen-bond acceptors (Lipinski definition) is 4. The molecule has 3 fully saturated rings. The third-order valence-electron chi connectivity index (χ3n) is 5.60. The number of rotatable bonds is 4. The van der Waals surface area contributed by atoms with Gasteiger partial charge in [-0.25, -0.2) is 0 Å². The Kier molecular flexibility index (Phi) is 4.66. The lowest BCUT2D eigenvalue weighted by Crippen LogP contribution is -2.56. The third-order valence-corrected chi connectivity index (χ3v) is 6.82. The van der Waals surface area contributed by atoms with Crippen molar-refractivity contribution in [2.45, 2.75) is 69.1 Å². The predicted octanol–water partition coefficient (Wildman–Crippen LogP) is 2.97. The minimum atomic E-state index is -0.0380. The van der Waals surface area contributed by atoms with Gasteiger partial charge in [0, 0.05) is 25.0 Å². The Morgan fingerprint density at radius 1 is 1.35 bits per heavy atom. The fourth-order valence-corrected chi connectivity index (χ4v) is 5.88. The van der Waals surface area contributed by atoms with Crippen LogP contribution >= 0.6 is 11.8 Å². The van der Waals surface area contributed by atoms with Crippen molar-refractivity contribution in [3.05, 3.63) is 0 Å². The van der Waals surface area contributed by atoms with Crippen LogP contribution in [0.4, 0.5) is 0 Å². The number of ether oxygens (including phenoxy) is 2. The monoisotopic (exact) mass is 299 g/mol. The van der Waals surface area contributed by atoms with Crippen LogP contribution in [0.3, 0.4) is 0 Å². The maximum atomic E-state index is 6.74. The zero-order valence-corrected chi connectivity index (χ0v) is 13.6. The fraction of sp³-hybridized carbons (Fsp3) is 1.00. The topological polar surface area (TPSA) is 44.5 Å². The van der Waals surface area contributed by atoms with Crippen LogP contribution in [0.2, 0.25) is 0 Å². The largest absolute Gasteiger partial charge is 0.374 e. The van der Waals surface area contributed by atoms with Gasteiger partial charge in [-0.05, 0) is 50.7 Å². The molecule has 2 N–H and O–H groups in total. The van der Waals surface area contributed by atoms with Gasteiger partial charge in [-0.15, -0.1) is 0 Å². The Morgan fingerprint density at radius 2 is 2.15 bits per heavy atom. The molecule has 0 amide bonds. The zero-order chi connectivity index (χ0) is 14.1. The van der Waals surface area contributed by atoms with E-state index in [0.29, 0.717) is 5.92 Å². The number of thioether (sulfide) groups is 1. The molecule has 3 rings (SSSR count). The first-order valence-electron chi connectivity index (χ1n) is 8.31. The summed E-state index contributed by atoms with van der Waals surface area (Å²) in [5.41, 5.74) is 6.84. The van der Waals surface area contributed by atoms with E-state index in [0.717, 1.165) is 44.6 Å². The van der Waals surface area contributed by atoms with Crippen LogP contribution in [0.1, 0.15) is 51.9 Å². The molecule has 0 aromatic carbocycles. The minimum absolute atomic E-state index is 0.0380.